The second-order valence-electron chi connectivity index (χ2n) is 3.37. The monoisotopic (exact) mass is 221 g/mol. The first-order valence-corrected chi connectivity index (χ1v) is 4.64. The number of hydrazine groups is 1. The van der Waals surface area contributed by atoms with Crippen LogP contribution in [-0.2, 0) is 0 Å². The van der Waals surface area contributed by atoms with E-state index in [1.807, 2.05) is 0 Å². The van der Waals surface area contributed by atoms with E-state index in [1.54, 1.807) is 20.2 Å². The van der Waals surface area contributed by atoms with Crippen LogP contribution in [0, 0.1) is 0 Å². The molecule has 0 saturated heterocycles. The fraction of sp³-hybridized carbons (Fsp3) is 0.222. The SMILES string of the molecule is CN1N=C(c2ccc(=O)[nH]c2)NN(C)C1=O. The smallest absolute Gasteiger partial charge is 0.328 e. The number of pyridine rings is 1. The number of hydrazone groups is 1. The van der Waals surface area contributed by atoms with Crippen molar-refractivity contribution in [2.75, 3.05) is 14.1 Å². The van der Waals surface area contributed by atoms with Crippen molar-refractivity contribution < 1.29 is 4.79 Å². The summed E-state index contributed by atoms with van der Waals surface area (Å²) < 4.78 is 0. The van der Waals surface area contributed by atoms with Crippen molar-refractivity contribution in [2.24, 2.45) is 5.10 Å². The van der Waals surface area contributed by atoms with Crippen LogP contribution in [0.15, 0.2) is 28.2 Å². The Hall–Kier alpha value is -2.31. The second kappa shape index (κ2) is 3.69. The maximum atomic E-state index is 11.4. The van der Waals surface area contributed by atoms with Crippen LogP contribution in [0.1, 0.15) is 5.56 Å². The number of nitrogens with one attached hydrogen (secondary N) is 2. The van der Waals surface area contributed by atoms with Crippen LogP contribution >= 0.6 is 0 Å². The molecule has 16 heavy (non-hydrogen) atoms. The Balaban J connectivity index is 2.35. The number of amidine groups is 1. The van der Waals surface area contributed by atoms with Gasteiger partial charge in [-0.25, -0.2) is 14.8 Å². The third-order valence-electron chi connectivity index (χ3n) is 2.15. The molecule has 2 amide bonds. The predicted octanol–water partition coefficient (Wildman–Crippen LogP) is -0.462. The minimum Gasteiger partial charge on any atom is -0.328 e. The first kappa shape index (κ1) is 10.2. The Morgan fingerprint density at radius 1 is 1.25 bits per heavy atom. The Morgan fingerprint density at radius 2 is 2.00 bits per heavy atom. The molecule has 2 rings (SSSR count). The number of hydrogen-bond donors (Lipinski definition) is 2. The first-order valence-electron chi connectivity index (χ1n) is 4.64. The third-order valence-corrected chi connectivity index (χ3v) is 2.15. The van der Waals surface area contributed by atoms with Crippen LogP contribution in [0.4, 0.5) is 4.79 Å². The summed E-state index contributed by atoms with van der Waals surface area (Å²) in [6.07, 6.45) is 1.53. The van der Waals surface area contributed by atoms with Gasteiger partial charge in [-0.3, -0.25) is 10.2 Å². The van der Waals surface area contributed by atoms with Gasteiger partial charge in [-0.05, 0) is 6.07 Å². The fourth-order valence-electron chi connectivity index (χ4n) is 1.32. The highest BCUT2D eigenvalue weighted by molar-refractivity contribution is 6.01. The molecule has 1 aromatic heterocycles. The highest BCUT2D eigenvalue weighted by Gasteiger charge is 2.21. The van der Waals surface area contributed by atoms with Crippen molar-refractivity contribution in [2.45, 2.75) is 0 Å². The van der Waals surface area contributed by atoms with Gasteiger partial charge in [-0.1, -0.05) is 0 Å². The largest absolute Gasteiger partial charge is 0.358 e. The van der Waals surface area contributed by atoms with E-state index >= 15 is 0 Å². The molecule has 0 spiro atoms. The lowest BCUT2D eigenvalue weighted by Gasteiger charge is -2.29. The fourth-order valence-corrected chi connectivity index (χ4v) is 1.32. The molecule has 0 saturated carbocycles. The van der Waals surface area contributed by atoms with Crippen LogP contribution < -0.4 is 11.0 Å². The maximum Gasteiger partial charge on any atom is 0.358 e. The van der Waals surface area contributed by atoms with Crippen molar-refractivity contribution in [3.8, 4) is 0 Å². The number of nitrogens with zero attached hydrogens (tertiary/aromatic N) is 3. The molecule has 0 aromatic carbocycles. The van der Waals surface area contributed by atoms with Gasteiger partial charge in [-0.2, -0.15) is 0 Å². The Morgan fingerprint density at radius 3 is 2.56 bits per heavy atom. The molecule has 84 valence electrons. The molecule has 0 aliphatic carbocycles. The van der Waals surface area contributed by atoms with Crippen molar-refractivity contribution >= 4 is 11.9 Å². The van der Waals surface area contributed by atoms with Crippen LogP contribution in [-0.4, -0.2) is 41.0 Å². The van der Waals surface area contributed by atoms with E-state index in [4.69, 9.17) is 0 Å². The number of aromatic amines is 1. The normalized spacial score (nSPS) is 15.9. The molecule has 1 aliphatic heterocycles. The summed E-state index contributed by atoms with van der Waals surface area (Å²) in [6, 6.07) is 2.77. The summed E-state index contributed by atoms with van der Waals surface area (Å²) in [6.45, 7) is 0. The standard InChI is InChI=1S/C9H11N5O2/c1-13-9(16)14(2)12-8(11-13)6-3-4-7(15)10-5-6/h3-5H,1-2H3,(H,10,15)(H,11,12). The number of carbonyl (C=O) groups is 1. The molecule has 0 unspecified atom stereocenters. The minimum absolute atomic E-state index is 0.182. The molecule has 2 heterocycles. The molecule has 0 bridgehead atoms. The van der Waals surface area contributed by atoms with Gasteiger partial charge in [0.05, 0.1) is 0 Å². The molecular formula is C9H11N5O2. The maximum absolute atomic E-state index is 11.4. The van der Waals surface area contributed by atoms with Crippen molar-refractivity contribution in [3.63, 3.8) is 0 Å². The number of H-pyrrole nitrogens is 1. The number of hydrogen-bond acceptors (Lipinski definition) is 4. The van der Waals surface area contributed by atoms with Gasteiger partial charge >= 0.3 is 6.03 Å². The second-order valence-corrected chi connectivity index (χ2v) is 3.37. The van der Waals surface area contributed by atoms with Crippen LogP contribution in [0.3, 0.4) is 0 Å². The lowest BCUT2D eigenvalue weighted by atomic mass is 10.2. The van der Waals surface area contributed by atoms with E-state index in [0.717, 1.165) is 0 Å². The number of urea groups is 1. The van der Waals surface area contributed by atoms with Gasteiger partial charge in [0, 0.05) is 31.9 Å². The summed E-state index contributed by atoms with van der Waals surface area (Å²) in [5.41, 5.74) is 3.32. The molecule has 0 radical (unpaired) electrons. The van der Waals surface area contributed by atoms with E-state index in [0.29, 0.717) is 11.4 Å². The van der Waals surface area contributed by atoms with Gasteiger partial charge < -0.3 is 4.98 Å². The summed E-state index contributed by atoms with van der Waals surface area (Å²) in [4.78, 5) is 24.8. The van der Waals surface area contributed by atoms with Crippen molar-refractivity contribution in [3.05, 3.63) is 34.2 Å². The number of carbonyl (C=O) groups excluding carboxylic acids is 1. The Labute approximate surface area is 91.3 Å². The summed E-state index contributed by atoms with van der Waals surface area (Å²) >= 11 is 0. The zero-order valence-electron chi connectivity index (χ0n) is 8.89. The predicted molar refractivity (Wildman–Crippen MR) is 57.7 cm³/mol. The lowest BCUT2D eigenvalue weighted by molar-refractivity contribution is 0.157. The van der Waals surface area contributed by atoms with E-state index in [-0.39, 0.29) is 11.6 Å². The average molecular weight is 221 g/mol. The van der Waals surface area contributed by atoms with E-state index < -0.39 is 0 Å². The van der Waals surface area contributed by atoms with Gasteiger partial charge in [0.15, 0.2) is 5.84 Å². The number of amides is 2. The number of rotatable bonds is 1. The highest BCUT2D eigenvalue weighted by Crippen LogP contribution is 2.04. The van der Waals surface area contributed by atoms with Crippen LogP contribution in [0.25, 0.3) is 0 Å². The lowest BCUT2D eigenvalue weighted by Crippen LogP contribution is -2.52. The Kier molecular flexibility index (Phi) is 2.35. The number of aromatic nitrogens is 1. The summed E-state index contributed by atoms with van der Waals surface area (Å²) in [7, 11) is 3.16. The molecule has 0 atom stereocenters. The zero-order valence-corrected chi connectivity index (χ0v) is 8.89. The van der Waals surface area contributed by atoms with Gasteiger partial charge in [0.2, 0.25) is 5.56 Å². The molecule has 1 aliphatic rings. The Bertz CT molecular complexity index is 486. The minimum atomic E-state index is -0.256. The van der Waals surface area contributed by atoms with E-state index in [2.05, 4.69) is 15.5 Å². The molecule has 1 aromatic rings. The molecular weight excluding hydrogens is 210 g/mol. The third kappa shape index (κ3) is 1.74. The van der Waals surface area contributed by atoms with E-state index in [1.165, 1.54) is 22.3 Å². The van der Waals surface area contributed by atoms with Crippen LogP contribution in [0.2, 0.25) is 0 Å². The summed E-state index contributed by atoms with van der Waals surface area (Å²) in [5, 5.41) is 6.57. The van der Waals surface area contributed by atoms with Gasteiger partial charge in [0.25, 0.3) is 0 Å². The van der Waals surface area contributed by atoms with Crippen LogP contribution in [0.5, 0.6) is 0 Å². The van der Waals surface area contributed by atoms with Gasteiger partial charge in [-0.15, -0.1) is 5.10 Å². The van der Waals surface area contributed by atoms with E-state index in [9.17, 15) is 9.59 Å². The van der Waals surface area contributed by atoms with Crippen molar-refractivity contribution in [1.29, 1.82) is 0 Å². The molecule has 2 N–H and O–H groups in total. The zero-order chi connectivity index (χ0) is 11.7. The molecule has 7 nitrogen and oxygen atoms in total. The molecule has 0 fully saturated rings. The summed E-state index contributed by atoms with van der Waals surface area (Å²) in [5.74, 6) is 0.501. The van der Waals surface area contributed by atoms with Gasteiger partial charge in [0.1, 0.15) is 0 Å². The molecule has 7 heteroatoms. The van der Waals surface area contributed by atoms with Crippen molar-refractivity contribution in [1.82, 2.24) is 20.4 Å². The first-order chi connectivity index (χ1) is 7.58. The quantitative estimate of drug-likeness (QED) is 0.673. The average Bonchev–Trinajstić information content (AvgIpc) is 2.26. The topological polar surface area (TPSA) is 80.8 Å². The highest BCUT2D eigenvalue weighted by atomic mass is 16.2.